The summed E-state index contributed by atoms with van der Waals surface area (Å²) in [7, 11) is 4.66. The van der Waals surface area contributed by atoms with Crippen molar-refractivity contribution in [3.63, 3.8) is 0 Å². The highest BCUT2D eigenvalue weighted by atomic mass is 16.5. The summed E-state index contributed by atoms with van der Waals surface area (Å²) in [6.45, 7) is 11.0. The summed E-state index contributed by atoms with van der Waals surface area (Å²) in [6, 6.07) is -1.10. The normalized spacial score (nSPS) is 18.9. The number of carbonyl (C=O) groups is 4. The van der Waals surface area contributed by atoms with E-state index in [2.05, 4.69) is 15.0 Å². The molecule has 0 aromatic carbocycles. The molecule has 3 amide bonds. The molecule has 0 bridgehead atoms. The van der Waals surface area contributed by atoms with Crippen LogP contribution >= 0.6 is 0 Å². The summed E-state index contributed by atoms with van der Waals surface area (Å²) in [6.07, 6.45) is 2.16. The second kappa shape index (κ2) is 11.5. The number of nitrogens with one attached hydrogen (secondary N) is 1. The van der Waals surface area contributed by atoms with Gasteiger partial charge in [0.25, 0.3) is 0 Å². The molecule has 31 heavy (non-hydrogen) atoms. The molecular weight excluding hydrogens is 400 g/mol. The van der Waals surface area contributed by atoms with Gasteiger partial charge in [0.15, 0.2) is 0 Å². The summed E-state index contributed by atoms with van der Waals surface area (Å²) >= 11 is 0. The Morgan fingerprint density at radius 1 is 1.23 bits per heavy atom. The third-order valence-corrected chi connectivity index (χ3v) is 6.00. The predicted octanol–water partition coefficient (Wildman–Crippen LogP) is 0.726. The Labute approximate surface area is 186 Å². The quantitative estimate of drug-likeness (QED) is 0.397. The fourth-order valence-electron chi connectivity index (χ4n) is 4.06. The van der Waals surface area contributed by atoms with E-state index in [1.54, 1.807) is 19.0 Å². The molecule has 3 atom stereocenters. The number of likely N-dealkylation sites (tertiary alicyclic amines) is 1. The molecule has 1 fully saturated rings. The van der Waals surface area contributed by atoms with Crippen LogP contribution in [0.2, 0.25) is 0 Å². The lowest BCUT2D eigenvalue weighted by Gasteiger charge is -2.40. The number of hydrogen-bond donors (Lipinski definition) is 1. The minimum atomic E-state index is -0.640. The molecule has 9 heteroatoms. The first kappa shape index (κ1) is 26.9. The van der Waals surface area contributed by atoms with Crippen molar-refractivity contribution >= 4 is 24.2 Å². The molecule has 1 heterocycles. The van der Waals surface area contributed by atoms with Crippen molar-refractivity contribution in [1.82, 2.24) is 20.0 Å². The highest BCUT2D eigenvalue weighted by Crippen LogP contribution is 2.25. The van der Waals surface area contributed by atoms with Gasteiger partial charge in [-0.1, -0.05) is 34.6 Å². The average molecular weight is 441 g/mol. The Bertz CT molecular complexity index is 646. The highest BCUT2D eigenvalue weighted by molar-refractivity contribution is 5.86. The molecule has 1 aliphatic rings. The average Bonchev–Trinajstić information content (AvgIpc) is 3.15. The standard InChI is InChI=1S/C22H40N4O5/c1-15(2)17(25(7)21(30)19(23-14-27)22(3,4)5)12-26-11-9-10-16(26)20(29)24(6)13-18(28)31-8/h14-17,19H,9-13H2,1-8H3,(H,23,27)/t16-,17+,19+/m0/s1. The van der Waals surface area contributed by atoms with Gasteiger partial charge in [-0.2, -0.15) is 0 Å². The lowest BCUT2D eigenvalue weighted by Crippen LogP contribution is -2.58. The van der Waals surface area contributed by atoms with Gasteiger partial charge < -0.3 is 19.9 Å². The van der Waals surface area contributed by atoms with E-state index < -0.39 is 17.4 Å². The van der Waals surface area contributed by atoms with Gasteiger partial charge in [-0.25, -0.2) is 0 Å². The molecule has 9 nitrogen and oxygen atoms in total. The maximum atomic E-state index is 13.2. The first-order chi connectivity index (χ1) is 14.3. The Kier molecular flexibility index (Phi) is 9.93. The topological polar surface area (TPSA) is 99.3 Å². The lowest BCUT2D eigenvalue weighted by atomic mass is 9.85. The molecule has 0 radical (unpaired) electrons. The molecule has 0 spiro atoms. The monoisotopic (exact) mass is 440 g/mol. The van der Waals surface area contributed by atoms with Gasteiger partial charge in [0.05, 0.1) is 13.2 Å². The number of nitrogens with zero attached hydrogens (tertiary/aromatic N) is 3. The first-order valence-electron chi connectivity index (χ1n) is 10.9. The van der Waals surface area contributed by atoms with Crippen LogP contribution in [0.1, 0.15) is 47.5 Å². The molecule has 0 aromatic rings. The van der Waals surface area contributed by atoms with Gasteiger partial charge in [-0.05, 0) is 30.7 Å². The third-order valence-electron chi connectivity index (χ3n) is 6.00. The van der Waals surface area contributed by atoms with E-state index in [0.29, 0.717) is 19.4 Å². The second-order valence-electron chi connectivity index (χ2n) is 9.77. The Morgan fingerprint density at radius 3 is 2.32 bits per heavy atom. The fourth-order valence-corrected chi connectivity index (χ4v) is 4.06. The second-order valence-corrected chi connectivity index (χ2v) is 9.77. The van der Waals surface area contributed by atoms with E-state index >= 15 is 0 Å². The first-order valence-corrected chi connectivity index (χ1v) is 10.9. The Hall–Kier alpha value is -2.16. The minimum Gasteiger partial charge on any atom is -0.468 e. The molecule has 178 valence electrons. The zero-order valence-corrected chi connectivity index (χ0v) is 20.3. The Morgan fingerprint density at radius 2 is 1.84 bits per heavy atom. The fraction of sp³-hybridized carbons (Fsp3) is 0.818. The molecule has 0 saturated carbocycles. The number of likely N-dealkylation sites (N-methyl/N-ethyl adjacent to an activating group) is 2. The van der Waals surface area contributed by atoms with E-state index in [9.17, 15) is 19.2 Å². The summed E-state index contributed by atoms with van der Waals surface area (Å²) < 4.78 is 4.66. The summed E-state index contributed by atoms with van der Waals surface area (Å²) in [5.41, 5.74) is -0.434. The smallest absolute Gasteiger partial charge is 0.325 e. The molecule has 0 aromatic heterocycles. The van der Waals surface area contributed by atoms with Crippen LogP contribution < -0.4 is 5.32 Å². The number of hydrogen-bond acceptors (Lipinski definition) is 6. The lowest BCUT2D eigenvalue weighted by molar-refractivity contribution is -0.148. The van der Waals surface area contributed by atoms with Crippen molar-refractivity contribution in [3.8, 4) is 0 Å². The molecular formula is C22H40N4O5. The van der Waals surface area contributed by atoms with Crippen LogP contribution in [0.4, 0.5) is 0 Å². The zero-order valence-electron chi connectivity index (χ0n) is 20.3. The van der Waals surface area contributed by atoms with Gasteiger partial charge in [0.2, 0.25) is 18.2 Å². The largest absolute Gasteiger partial charge is 0.468 e. The molecule has 1 aliphatic heterocycles. The van der Waals surface area contributed by atoms with Crippen LogP contribution in [0.3, 0.4) is 0 Å². The molecule has 0 unspecified atom stereocenters. The zero-order chi connectivity index (χ0) is 23.9. The number of rotatable bonds is 10. The third kappa shape index (κ3) is 7.19. The van der Waals surface area contributed by atoms with Crippen LogP contribution in [0.15, 0.2) is 0 Å². The van der Waals surface area contributed by atoms with Crippen molar-refractivity contribution in [2.75, 3.05) is 40.8 Å². The van der Waals surface area contributed by atoms with E-state index in [1.807, 2.05) is 34.6 Å². The van der Waals surface area contributed by atoms with Gasteiger partial charge in [-0.15, -0.1) is 0 Å². The SMILES string of the molecule is COC(=O)CN(C)C(=O)[C@@H]1CCCN1C[C@H](C(C)C)N(C)C(=O)[C@@H](NC=O)C(C)(C)C. The van der Waals surface area contributed by atoms with Crippen molar-refractivity contribution in [1.29, 1.82) is 0 Å². The number of amides is 3. The predicted molar refractivity (Wildman–Crippen MR) is 118 cm³/mol. The molecule has 1 rings (SSSR count). The number of carbonyl (C=O) groups excluding carboxylic acids is 4. The summed E-state index contributed by atoms with van der Waals surface area (Å²) in [5.74, 6) is -0.575. The maximum absolute atomic E-state index is 13.2. The highest BCUT2D eigenvalue weighted by Gasteiger charge is 2.39. The van der Waals surface area contributed by atoms with Crippen LogP contribution in [-0.4, -0.2) is 97.9 Å². The van der Waals surface area contributed by atoms with Crippen molar-refractivity contribution < 1.29 is 23.9 Å². The maximum Gasteiger partial charge on any atom is 0.325 e. The van der Waals surface area contributed by atoms with Gasteiger partial charge >= 0.3 is 5.97 Å². The number of esters is 1. The number of ether oxygens (including phenoxy) is 1. The van der Waals surface area contributed by atoms with Gasteiger partial charge in [0, 0.05) is 26.7 Å². The van der Waals surface area contributed by atoms with Crippen molar-refractivity contribution in [2.45, 2.75) is 65.6 Å². The van der Waals surface area contributed by atoms with Gasteiger partial charge in [0.1, 0.15) is 12.6 Å². The molecule has 1 N–H and O–H groups in total. The number of methoxy groups -OCH3 is 1. The van der Waals surface area contributed by atoms with Gasteiger partial charge in [-0.3, -0.25) is 24.1 Å². The van der Waals surface area contributed by atoms with Crippen LogP contribution in [0, 0.1) is 11.3 Å². The summed E-state index contributed by atoms with van der Waals surface area (Å²) in [4.78, 5) is 54.0. The Balaban J connectivity index is 2.98. The molecule has 0 aliphatic carbocycles. The van der Waals surface area contributed by atoms with E-state index in [1.165, 1.54) is 12.0 Å². The van der Waals surface area contributed by atoms with E-state index in [-0.39, 0.29) is 36.4 Å². The molecule has 1 saturated heterocycles. The minimum absolute atomic E-state index is 0.0870. The van der Waals surface area contributed by atoms with E-state index in [0.717, 1.165) is 13.0 Å². The summed E-state index contributed by atoms with van der Waals surface area (Å²) in [5, 5.41) is 2.67. The van der Waals surface area contributed by atoms with Crippen molar-refractivity contribution in [3.05, 3.63) is 0 Å². The van der Waals surface area contributed by atoms with E-state index in [4.69, 9.17) is 0 Å². The van der Waals surface area contributed by atoms with Crippen LogP contribution in [-0.2, 0) is 23.9 Å². The van der Waals surface area contributed by atoms with Crippen molar-refractivity contribution in [2.24, 2.45) is 11.3 Å². The van der Waals surface area contributed by atoms with Crippen LogP contribution in [0.25, 0.3) is 0 Å². The van der Waals surface area contributed by atoms with Crippen LogP contribution in [0.5, 0.6) is 0 Å².